The summed E-state index contributed by atoms with van der Waals surface area (Å²) < 4.78 is 14.8. The van der Waals surface area contributed by atoms with Crippen molar-refractivity contribution in [1.29, 1.82) is 0 Å². The SMILES string of the molecule is COC(=O)c1cc(=O)c2c(OC)cccc2o1. The van der Waals surface area contributed by atoms with E-state index in [1.54, 1.807) is 18.2 Å². The normalized spacial score (nSPS) is 10.2. The number of esters is 1. The lowest BCUT2D eigenvalue weighted by molar-refractivity contribution is 0.0565. The van der Waals surface area contributed by atoms with Gasteiger partial charge in [0.1, 0.15) is 16.7 Å². The van der Waals surface area contributed by atoms with E-state index in [4.69, 9.17) is 9.15 Å². The average Bonchev–Trinajstić information content (AvgIpc) is 2.36. The molecule has 0 bridgehead atoms. The van der Waals surface area contributed by atoms with Crippen molar-refractivity contribution in [2.24, 2.45) is 0 Å². The largest absolute Gasteiger partial charge is 0.496 e. The Balaban J connectivity index is 2.76. The maximum absolute atomic E-state index is 11.9. The van der Waals surface area contributed by atoms with Crippen LogP contribution < -0.4 is 10.2 Å². The highest BCUT2D eigenvalue weighted by atomic mass is 16.5. The molecule has 0 aliphatic heterocycles. The maximum Gasteiger partial charge on any atom is 0.374 e. The molecule has 0 spiro atoms. The number of methoxy groups -OCH3 is 2. The Morgan fingerprint density at radius 1 is 1.29 bits per heavy atom. The number of hydrogen-bond acceptors (Lipinski definition) is 5. The van der Waals surface area contributed by atoms with Crippen LogP contribution in [0.4, 0.5) is 0 Å². The van der Waals surface area contributed by atoms with Crippen molar-refractivity contribution in [3.63, 3.8) is 0 Å². The zero-order valence-corrected chi connectivity index (χ0v) is 9.35. The summed E-state index contributed by atoms with van der Waals surface area (Å²) in [7, 11) is 2.68. The molecule has 88 valence electrons. The summed E-state index contributed by atoms with van der Waals surface area (Å²) in [6.45, 7) is 0. The van der Waals surface area contributed by atoms with Gasteiger partial charge in [0, 0.05) is 6.07 Å². The van der Waals surface area contributed by atoms with Gasteiger partial charge in [0.25, 0.3) is 0 Å². The van der Waals surface area contributed by atoms with Gasteiger partial charge < -0.3 is 13.9 Å². The number of ether oxygens (including phenoxy) is 2. The summed E-state index contributed by atoms with van der Waals surface area (Å²) in [4.78, 5) is 23.1. The molecule has 0 radical (unpaired) electrons. The minimum Gasteiger partial charge on any atom is -0.496 e. The van der Waals surface area contributed by atoms with Crippen LogP contribution in [-0.2, 0) is 4.74 Å². The molecule has 1 aromatic heterocycles. The van der Waals surface area contributed by atoms with Crippen LogP contribution in [0.3, 0.4) is 0 Å². The first kappa shape index (κ1) is 11.2. The zero-order valence-electron chi connectivity index (χ0n) is 9.35. The van der Waals surface area contributed by atoms with Crippen molar-refractivity contribution in [2.75, 3.05) is 14.2 Å². The first-order valence-corrected chi connectivity index (χ1v) is 4.86. The van der Waals surface area contributed by atoms with Crippen LogP contribution >= 0.6 is 0 Å². The van der Waals surface area contributed by atoms with Crippen molar-refractivity contribution >= 4 is 16.9 Å². The zero-order chi connectivity index (χ0) is 12.4. The van der Waals surface area contributed by atoms with E-state index < -0.39 is 5.97 Å². The molecule has 2 rings (SSSR count). The monoisotopic (exact) mass is 234 g/mol. The van der Waals surface area contributed by atoms with Crippen LogP contribution in [0.5, 0.6) is 5.75 Å². The molecule has 5 nitrogen and oxygen atoms in total. The fraction of sp³-hybridized carbons (Fsp3) is 0.167. The van der Waals surface area contributed by atoms with E-state index in [2.05, 4.69) is 4.74 Å². The second-order valence-corrected chi connectivity index (χ2v) is 3.30. The van der Waals surface area contributed by atoms with Crippen molar-refractivity contribution in [3.8, 4) is 5.75 Å². The highest BCUT2D eigenvalue weighted by Gasteiger charge is 2.14. The van der Waals surface area contributed by atoms with Gasteiger partial charge in [-0.05, 0) is 12.1 Å². The quantitative estimate of drug-likeness (QED) is 0.738. The molecule has 0 aliphatic rings. The minimum atomic E-state index is -0.688. The Kier molecular flexibility index (Phi) is 2.82. The molecule has 1 heterocycles. The van der Waals surface area contributed by atoms with Crippen molar-refractivity contribution in [3.05, 3.63) is 40.2 Å². The van der Waals surface area contributed by atoms with E-state index in [-0.39, 0.29) is 16.8 Å². The number of carbonyl (C=O) groups is 1. The number of rotatable bonds is 2. The van der Waals surface area contributed by atoms with Gasteiger partial charge in [0.15, 0.2) is 5.43 Å². The molecule has 0 unspecified atom stereocenters. The van der Waals surface area contributed by atoms with Crippen LogP contribution in [0.2, 0.25) is 0 Å². The summed E-state index contributed by atoms with van der Waals surface area (Å²) in [5.41, 5.74) is -0.0543. The summed E-state index contributed by atoms with van der Waals surface area (Å²) in [5.74, 6) is -0.405. The van der Waals surface area contributed by atoms with Crippen LogP contribution in [0, 0.1) is 0 Å². The number of fused-ring (bicyclic) bond motifs is 1. The van der Waals surface area contributed by atoms with Crippen molar-refractivity contribution < 1.29 is 18.7 Å². The van der Waals surface area contributed by atoms with Crippen LogP contribution in [0.25, 0.3) is 11.0 Å². The average molecular weight is 234 g/mol. The molecule has 0 saturated heterocycles. The number of carbonyl (C=O) groups excluding carboxylic acids is 1. The predicted octanol–water partition coefficient (Wildman–Crippen LogP) is 1.59. The highest BCUT2D eigenvalue weighted by molar-refractivity contribution is 5.90. The summed E-state index contributed by atoms with van der Waals surface area (Å²) in [6, 6.07) is 6.00. The van der Waals surface area contributed by atoms with Gasteiger partial charge in [-0.3, -0.25) is 4.79 Å². The third kappa shape index (κ3) is 1.87. The van der Waals surface area contributed by atoms with E-state index >= 15 is 0 Å². The summed E-state index contributed by atoms with van der Waals surface area (Å²) in [5, 5.41) is 0.308. The maximum atomic E-state index is 11.9. The van der Waals surface area contributed by atoms with E-state index in [1.165, 1.54) is 14.2 Å². The number of benzene rings is 1. The topological polar surface area (TPSA) is 65.7 Å². The molecule has 0 amide bonds. The first-order valence-electron chi connectivity index (χ1n) is 4.86. The molecule has 2 aromatic rings. The third-order valence-corrected chi connectivity index (χ3v) is 2.32. The van der Waals surface area contributed by atoms with Crippen LogP contribution in [0.15, 0.2) is 33.5 Å². The smallest absolute Gasteiger partial charge is 0.374 e. The van der Waals surface area contributed by atoms with E-state index in [9.17, 15) is 9.59 Å². The third-order valence-electron chi connectivity index (χ3n) is 2.32. The minimum absolute atomic E-state index is 0.127. The lowest BCUT2D eigenvalue weighted by Crippen LogP contribution is -2.09. The van der Waals surface area contributed by atoms with E-state index in [0.717, 1.165) is 6.07 Å². The lowest BCUT2D eigenvalue weighted by atomic mass is 10.2. The Hall–Kier alpha value is -2.30. The van der Waals surface area contributed by atoms with Gasteiger partial charge in [-0.1, -0.05) is 6.07 Å². The lowest BCUT2D eigenvalue weighted by Gasteiger charge is -2.04. The second kappa shape index (κ2) is 4.29. The van der Waals surface area contributed by atoms with Crippen molar-refractivity contribution in [2.45, 2.75) is 0 Å². The molecule has 17 heavy (non-hydrogen) atoms. The van der Waals surface area contributed by atoms with Gasteiger partial charge in [-0.15, -0.1) is 0 Å². The fourth-order valence-corrected chi connectivity index (χ4v) is 1.55. The van der Waals surface area contributed by atoms with Gasteiger partial charge >= 0.3 is 5.97 Å². The fourth-order valence-electron chi connectivity index (χ4n) is 1.55. The molecule has 5 heteroatoms. The molecule has 0 fully saturated rings. The highest BCUT2D eigenvalue weighted by Crippen LogP contribution is 2.22. The number of hydrogen-bond donors (Lipinski definition) is 0. The molecule has 1 aromatic carbocycles. The Bertz CT molecular complexity index is 626. The predicted molar refractivity (Wildman–Crippen MR) is 60.4 cm³/mol. The molecule has 0 saturated carbocycles. The van der Waals surface area contributed by atoms with E-state index in [0.29, 0.717) is 11.1 Å². The molecular weight excluding hydrogens is 224 g/mol. The Labute approximate surface area is 96.6 Å². The first-order chi connectivity index (χ1) is 8.17. The van der Waals surface area contributed by atoms with Gasteiger partial charge in [0.2, 0.25) is 5.76 Å². The Morgan fingerprint density at radius 2 is 2.06 bits per heavy atom. The molecule has 0 aliphatic carbocycles. The summed E-state index contributed by atoms with van der Waals surface area (Å²) >= 11 is 0. The Morgan fingerprint density at radius 3 is 2.71 bits per heavy atom. The van der Waals surface area contributed by atoms with Gasteiger partial charge in [-0.2, -0.15) is 0 Å². The van der Waals surface area contributed by atoms with Crippen molar-refractivity contribution in [1.82, 2.24) is 0 Å². The molecule has 0 N–H and O–H groups in total. The van der Waals surface area contributed by atoms with Gasteiger partial charge in [-0.25, -0.2) is 4.79 Å². The van der Waals surface area contributed by atoms with E-state index in [1.807, 2.05) is 0 Å². The second-order valence-electron chi connectivity index (χ2n) is 3.30. The molecule has 0 atom stereocenters. The van der Waals surface area contributed by atoms with Crippen LogP contribution in [0.1, 0.15) is 10.6 Å². The van der Waals surface area contributed by atoms with Gasteiger partial charge in [0.05, 0.1) is 14.2 Å². The van der Waals surface area contributed by atoms with Crippen LogP contribution in [-0.4, -0.2) is 20.2 Å². The standard InChI is InChI=1S/C12H10O5/c1-15-8-4-3-5-9-11(8)7(13)6-10(17-9)12(14)16-2/h3-6H,1-2H3. The molecular formula is C12H10O5. The summed E-state index contributed by atoms with van der Waals surface area (Å²) in [6.07, 6.45) is 0.